The van der Waals surface area contributed by atoms with Gasteiger partial charge in [0.1, 0.15) is 18.1 Å². The van der Waals surface area contributed by atoms with Gasteiger partial charge in [0.25, 0.3) is 0 Å². The third kappa shape index (κ3) is 4.14. The Balaban J connectivity index is 2.18. The van der Waals surface area contributed by atoms with Crippen molar-refractivity contribution in [2.24, 2.45) is 0 Å². The van der Waals surface area contributed by atoms with Crippen molar-refractivity contribution in [2.45, 2.75) is 39.7 Å². The fourth-order valence-corrected chi connectivity index (χ4v) is 2.53. The summed E-state index contributed by atoms with van der Waals surface area (Å²) in [5, 5.41) is 19.0. The third-order valence-corrected chi connectivity index (χ3v) is 3.82. The number of benzene rings is 2. The number of rotatable bonds is 7. The van der Waals surface area contributed by atoms with Gasteiger partial charge >= 0.3 is 0 Å². The molecule has 0 aliphatic carbocycles. The summed E-state index contributed by atoms with van der Waals surface area (Å²) in [4.78, 5) is 11.6. The number of phenols is 1. The van der Waals surface area contributed by atoms with E-state index in [1.807, 2.05) is 31.2 Å². The molecule has 0 amide bonds. The maximum atomic E-state index is 11.6. The minimum Gasteiger partial charge on any atom is -0.507 e. The molecule has 4 heteroatoms. The second kappa shape index (κ2) is 8.16. The highest BCUT2D eigenvalue weighted by Crippen LogP contribution is 2.33. The zero-order chi connectivity index (χ0) is 17.5. The largest absolute Gasteiger partial charge is 0.507 e. The number of carbonyl (C=O) groups is 1. The van der Waals surface area contributed by atoms with E-state index in [1.165, 1.54) is 6.92 Å². The molecule has 1 N–H and O–H groups in total. The molecule has 4 nitrogen and oxygen atoms in total. The van der Waals surface area contributed by atoms with Crippen LogP contribution in [0.4, 0.5) is 0 Å². The van der Waals surface area contributed by atoms with Crippen molar-refractivity contribution in [1.82, 2.24) is 0 Å². The summed E-state index contributed by atoms with van der Waals surface area (Å²) in [5.74, 6) is 0.455. The molecule has 0 aromatic heterocycles. The van der Waals surface area contributed by atoms with Gasteiger partial charge in [-0.2, -0.15) is 5.26 Å². The first-order valence-electron chi connectivity index (χ1n) is 8.00. The average Bonchev–Trinajstić information content (AvgIpc) is 2.57. The smallest absolute Gasteiger partial charge is 0.163 e. The van der Waals surface area contributed by atoms with Crippen LogP contribution in [0.15, 0.2) is 36.4 Å². The minimum atomic E-state index is -0.163. The van der Waals surface area contributed by atoms with Gasteiger partial charge in [-0.3, -0.25) is 4.79 Å². The molecule has 0 aliphatic heterocycles. The number of hydrogen-bond donors (Lipinski definition) is 1. The Kier molecular flexibility index (Phi) is 5.97. The monoisotopic (exact) mass is 323 g/mol. The third-order valence-electron chi connectivity index (χ3n) is 3.82. The van der Waals surface area contributed by atoms with Crippen molar-refractivity contribution in [3.05, 3.63) is 58.7 Å². The molecule has 0 aliphatic rings. The van der Waals surface area contributed by atoms with Crippen LogP contribution in [0.25, 0.3) is 0 Å². The van der Waals surface area contributed by atoms with E-state index in [2.05, 4.69) is 6.07 Å². The fraction of sp³-hybridized carbons (Fsp3) is 0.300. The predicted molar refractivity (Wildman–Crippen MR) is 92.2 cm³/mol. The number of ether oxygens (including phenoxy) is 1. The van der Waals surface area contributed by atoms with E-state index in [9.17, 15) is 9.90 Å². The lowest BCUT2D eigenvalue weighted by Crippen LogP contribution is -2.02. The SMILES string of the molecule is CCCc1c(OCc2ccc(CC#N)cc2)ccc(C(C)=O)c1O. The zero-order valence-corrected chi connectivity index (χ0v) is 14.0. The van der Waals surface area contributed by atoms with Crippen LogP contribution in [0.2, 0.25) is 0 Å². The van der Waals surface area contributed by atoms with Gasteiger partial charge in [0.2, 0.25) is 0 Å². The maximum Gasteiger partial charge on any atom is 0.163 e. The van der Waals surface area contributed by atoms with Crippen LogP contribution in [-0.4, -0.2) is 10.9 Å². The van der Waals surface area contributed by atoms with Crippen molar-refractivity contribution in [1.29, 1.82) is 5.26 Å². The van der Waals surface area contributed by atoms with Gasteiger partial charge in [-0.1, -0.05) is 37.6 Å². The van der Waals surface area contributed by atoms with Crippen molar-refractivity contribution < 1.29 is 14.6 Å². The number of hydrogen-bond acceptors (Lipinski definition) is 4. The number of nitriles is 1. The Morgan fingerprint density at radius 1 is 1.17 bits per heavy atom. The molecule has 0 saturated carbocycles. The number of aromatic hydroxyl groups is 1. The van der Waals surface area contributed by atoms with Gasteiger partial charge in [-0.25, -0.2) is 0 Å². The van der Waals surface area contributed by atoms with Crippen LogP contribution in [0.1, 0.15) is 47.3 Å². The summed E-state index contributed by atoms with van der Waals surface area (Å²) in [6.45, 7) is 3.81. The van der Waals surface area contributed by atoms with Crippen LogP contribution in [-0.2, 0) is 19.4 Å². The molecule has 0 bridgehead atoms. The Bertz CT molecular complexity index is 758. The van der Waals surface area contributed by atoms with Crippen molar-refractivity contribution >= 4 is 5.78 Å². The van der Waals surface area contributed by atoms with Crippen molar-refractivity contribution in [3.63, 3.8) is 0 Å². The zero-order valence-electron chi connectivity index (χ0n) is 14.0. The first-order chi connectivity index (χ1) is 11.6. The average molecular weight is 323 g/mol. The van der Waals surface area contributed by atoms with Gasteiger partial charge in [-0.05, 0) is 36.6 Å². The molecule has 0 atom stereocenters. The lowest BCUT2D eigenvalue weighted by atomic mass is 10.0. The van der Waals surface area contributed by atoms with Gasteiger partial charge < -0.3 is 9.84 Å². The van der Waals surface area contributed by atoms with Gasteiger partial charge in [-0.15, -0.1) is 0 Å². The number of phenolic OH excluding ortho intramolecular Hbond substituents is 1. The Morgan fingerprint density at radius 3 is 2.42 bits per heavy atom. The van der Waals surface area contributed by atoms with Crippen LogP contribution >= 0.6 is 0 Å². The number of carbonyl (C=O) groups excluding carboxylic acids is 1. The van der Waals surface area contributed by atoms with E-state index in [-0.39, 0.29) is 11.5 Å². The van der Waals surface area contributed by atoms with E-state index >= 15 is 0 Å². The van der Waals surface area contributed by atoms with Gasteiger partial charge in [0, 0.05) is 5.56 Å². The van der Waals surface area contributed by atoms with Crippen LogP contribution in [0.3, 0.4) is 0 Å². The second-order valence-electron chi connectivity index (χ2n) is 5.68. The number of ketones is 1. The lowest BCUT2D eigenvalue weighted by Gasteiger charge is -2.14. The first-order valence-corrected chi connectivity index (χ1v) is 8.00. The van der Waals surface area contributed by atoms with E-state index < -0.39 is 0 Å². The molecule has 0 spiro atoms. The fourth-order valence-electron chi connectivity index (χ4n) is 2.53. The molecule has 24 heavy (non-hydrogen) atoms. The standard InChI is InChI=1S/C20H21NO3/c1-3-4-18-19(10-9-17(14(2)22)20(18)23)24-13-16-7-5-15(6-8-16)11-12-21/h5-10,23H,3-4,11,13H2,1-2H3. The second-order valence-corrected chi connectivity index (χ2v) is 5.68. The van der Waals surface area contributed by atoms with Crippen molar-refractivity contribution in [3.8, 4) is 17.6 Å². The summed E-state index contributed by atoms with van der Waals surface area (Å²) < 4.78 is 5.85. The lowest BCUT2D eigenvalue weighted by molar-refractivity contribution is 0.101. The highest BCUT2D eigenvalue weighted by atomic mass is 16.5. The van der Waals surface area contributed by atoms with Gasteiger partial charge in [0.15, 0.2) is 5.78 Å². The Morgan fingerprint density at radius 2 is 1.83 bits per heavy atom. The summed E-state index contributed by atoms with van der Waals surface area (Å²) in [7, 11) is 0. The maximum absolute atomic E-state index is 11.6. The van der Waals surface area contributed by atoms with Crippen LogP contribution < -0.4 is 4.74 Å². The Labute approximate surface area is 142 Å². The minimum absolute atomic E-state index is 0.0196. The highest BCUT2D eigenvalue weighted by Gasteiger charge is 2.15. The summed E-state index contributed by atoms with van der Waals surface area (Å²) >= 11 is 0. The topological polar surface area (TPSA) is 70.3 Å². The summed E-state index contributed by atoms with van der Waals surface area (Å²) in [6, 6.07) is 13.1. The van der Waals surface area contributed by atoms with E-state index in [0.717, 1.165) is 17.5 Å². The van der Waals surface area contributed by atoms with Crippen molar-refractivity contribution in [2.75, 3.05) is 0 Å². The van der Waals surface area contributed by atoms with E-state index in [0.29, 0.717) is 36.3 Å². The molecule has 0 saturated heterocycles. The molecular formula is C20H21NO3. The summed E-state index contributed by atoms with van der Waals surface area (Å²) in [5.41, 5.74) is 2.95. The molecule has 0 heterocycles. The molecule has 0 fully saturated rings. The van der Waals surface area contributed by atoms with E-state index in [1.54, 1.807) is 12.1 Å². The van der Waals surface area contributed by atoms with Crippen LogP contribution in [0.5, 0.6) is 11.5 Å². The molecule has 0 radical (unpaired) electrons. The molecular weight excluding hydrogens is 302 g/mol. The first kappa shape index (κ1) is 17.6. The van der Waals surface area contributed by atoms with Crippen LogP contribution in [0, 0.1) is 11.3 Å². The molecule has 2 aromatic carbocycles. The molecule has 2 rings (SSSR count). The van der Waals surface area contributed by atoms with E-state index in [4.69, 9.17) is 10.00 Å². The highest BCUT2D eigenvalue weighted by molar-refractivity contribution is 5.97. The molecule has 2 aromatic rings. The predicted octanol–water partition coefficient (Wildman–Crippen LogP) is 4.19. The summed E-state index contributed by atoms with van der Waals surface area (Å²) in [6.07, 6.45) is 1.87. The molecule has 124 valence electrons. The Hall–Kier alpha value is -2.80. The number of nitrogens with zero attached hydrogens (tertiary/aromatic N) is 1. The normalized spacial score (nSPS) is 10.2. The molecule has 0 unspecified atom stereocenters. The van der Waals surface area contributed by atoms with Gasteiger partial charge in [0.05, 0.1) is 18.1 Å². The quantitative estimate of drug-likeness (QED) is 0.776. The number of Topliss-reactive ketones (excluding diaryl/α,β-unsaturated/α-hetero) is 1.